The molecule has 2 aliphatic rings. The number of aromatic nitrogens is 4. The summed E-state index contributed by atoms with van der Waals surface area (Å²) >= 11 is 0. The molecule has 0 spiro atoms. The lowest BCUT2D eigenvalue weighted by molar-refractivity contribution is 1.07. The summed E-state index contributed by atoms with van der Waals surface area (Å²) in [6, 6.07) is 98.0. The Bertz CT molecular complexity index is 4250. The first kappa shape index (κ1) is 43.5. The average Bonchev–Trinajstić information content (AvgIpc) is 3.88. The van der Waals surface area contributed by atoms with Crippen LogP contribution in [0.15, 0.2) is 273 Å². The zero-order valence-electron chi connectivity index (χ0n) is 41.2. The van der Waals surface area contributed by atoms with Gasteiger partial charge in [0.1, 0.15) is 0 Å². The summed E-state index contributed by atoms with van der Waals surface area (Å²) < 4.78 is 2.42. The van der Waals surface area contributed by atoms with Gasteiger partial charge in [0, 0.05) is 67.0 Å². The molecule has 2 aliphatic heterocycles. The molecule has 13 aromatic rings. The molecule has 354 valence electrons. The number of rotatable bonds is 8. The second-order valence-corrected chi connectivity index (χ2v) is 19.5. The van der Waals surface area contributed by atoms with Gasteiger partial charge in [0.15, 0.2) is 17.5 Å². The quantitative estimate of drug-likeness (QED) is 0.142. The molecule has 0 saturated heterocycles. The predicted molar refractivity (Wildman–Crippen MR) is 315 cm³/mol. The van der Waals surface area contributed by atoms with E-state index in [0.717, 1.165) is 67.0 Å². The maximum absolute atomic E-state index is 5.23. The molecule has 0 saturated carbocycles. The van der Waals surface area contributed by atoms with Crippen LogP contribution in [0.4, 0.5) is 34.1 Å². The van der Waals surface area contributed by atoms with Crippen molar-refractivity contribution in [3.8, 4) is 62.1 Å². The summed E-state index contributed by atoms with van der Waals surface area (Å²) in [6.07, 6.45) is 0. The van der Waals surface area contributed by atoms with Gasteiger partial charge in [-0.25, -0.2) is 15.0 Å². The molecule has 2 aromatic heterocycles. The van der Waals surface area contributed by atoms with Crippen LogP contribution in [0.1, 0.15) is 0 Å². The van der Waals surface area contributed by atoms with E-state index in [0.29, 0.717) is 17.5 Å². The van der Waals surface area contributed by atoms with Crippen molar-refractivity contribution in [2.24, 2.45) is 0 Å². The van der Waals surface area contributed by atoms with Crippen molar-refractivity contribution in [3.05, 3.63) is 273 Å². The van der Waals surface area contributed by atoms with E-state index in [4.69, 9.17) is 15.0 Å². The smallest absolute Gasteiger partial charge is 0.252 e. The van der Waals surface area contributed by atoms with Gasteiger partial charge in [-0.3, -0.25) is 0 Å². The van der Waals surface area contributed by atoms with Crippen LogP contribution >= 0.6 is 0 Å². The minimum atomic E-state index is -0.0130. The summed E-state index contributed by atoms with van der Waals surface area (Å²) in [6.45, 7) is -0.0130. The van der Waals surface area contributed by atoms with Crippen LogP contribution < -0.4 is 26.2 Å². The van der Waals surface area contributed by atoms with Crippen LogP contribution in [0, 0.1) is 0 Å². The SMILES string of the molecule is c1ccc(-c2nc(-c3ccccc3)nc(-c3ccc(-n4c5ccccc5c5ccccc54)c(-c4cccc(-c5ccc6c7c5N(c5ccccc5)c5ccccc5B7c5ccccc5N6c5ccccc5)c4)c3)n2)cc1. The highest BCUT2D eigenvalue weighted by molar-refractivity contribution is 7.00. The lowest BCUT2D eigenvalue weighted by Gasteiger charge is -2.45. The highest BCUT2D eigenvalue weighted by Crippen LogP contribution is 2.48. The fourth-order valence-corrected chi connectivity index (χ4v) is 11.9. The number of nitrogens with zero attached hydrogens (tertiary/aromatic N) is 6. The van der Waals surface area contributed by atoms with E-state index in [-0.39, 0.29) is 6.71 Å². The largest absolute Gasteiger partial charge is 0.311 e. The molecule has 7 heteroatoms. The first-order valence-corrected chi connectivity index (χ1v) is 25.9. The van der Waals surface area contributed by atoms with Crippen molar-refractivity contribution in [1.82, 2.24) is 19.5 Å². The third-order valence-corrected chi connectivity index (χ3v) is 15.2. The number of hydrogen-bond donors (Lipinski definition) is 0. The van der Waals surface area contributed by atoms with Crippen LogP contribution in [-0.4, -0.2) is 26.2 Å². The maximum atomic E-state index is 5.23. The van der Waals surface area contributed by atoms with E-state index in [1.807, 2.05) is 36.4 Å². The molecule has 0 aliphatic carbocycles. The molecule has 0 atom stereocenters. The lowest BCUT2D eigenvalue weighted by Crippen LogP contribution is -2.61. The van der Waals surface area contributed by atoms with E-state index in [1.54, 1.807) is 0 Å². The van der Waals surface area contributed by atoms with Crippen molar-refractivity contribution in [2.45, 2.75) is 0 Å². The zero-order valence-corrected chi connectivity index (χ0v) is 41.2. The molecule has 0 unspecified atom stereocenters. The summed E-state index contributed by atoms with van der Waals surface area (Å²) in [4.78, 5) is 20.5. The standard InChI is InChI=1S/C69H45BN6/c1-5-22-46(23-6-1)67-71-68(47-24-7-2-8-25-47)73-69(72-67)50-40-42-61(76-59-36-17-13-32-54(59)55-33-14-18-37-60(55)76)56(45-50)49-27-21-26-48(44-49)53-41-43-64-65-66(53)75(52-30-11-4-12-31-52)63-39-20-16-35-58(63)70(65)57-34-15-19-38-62(57)74(64)51-28-9-3-10-29-51/h1-45H. The Morgan fingerprint density at radius 3 is 1.33 bits per heavy atom. The summed E-state index contributed by atoms with van der Waals surface area (Å²) in [5, 5.41) is 2.41. The van der Waals surface area contributed by atoms with Gasteiger partial charge in [0.05, 0.1) is 22.4 Å². The second kappa shape index (κ2) is 17.8. The van der Waals surface area contributed by atoms with Gasteiger partial charge in [0.2, 0.25) is 0 Å². The lowest BCUT2D eigenvalue weighted by atomic mass is 9.33. The molecule has 0 radical (unpaired) electrons. The van der Waals surface area contributed by atoms with Gasteiger partial charge in [-0.2, -0.15) is 0 Å². The van der Waals surface area contributed by atoms with Gasteiger partial charge in [0.25, 0.3) is 6.71 Å². The molecule has 0 N–H and O–H groups in total. The maximum Gasteiger partial charge on any atom is 0.252 e. The van der Waals surface area contributed by atoms with Gasteiger partial charge in [-0.15, -0.1) is 0 Å². The molecular formula is C69H45BN6. The van der Waals surface area contributed by atoms with Gasteiger partial charge in [-0.1, -0.05) is 194 Å². The van der Waals surface area contributed by atoms with Gasteiger partial charge in [-0.05, 0) is 106 Å². The molecule has 76 heavy (non-hydrogen) atoms. The Balaban J connectivity index is 0.989. The van der Waals surface area contributed by atoms with E-state index in [1.165, 1.54) is 49.9 Å². The first-order chi connectivity index (χ1) is 37.7. The normalized spacial score (nSPS) is 12.4. The molecular weight excluding hydrogens is 924 g/mol. The Kier molecular flexibility index (Phi) is 10.2. The Morgan fingerprint density at radius 1 is 0.289 bits per heavy atom. The number of para-hydroxylation sites is 6. The Morgan fingerprint density at radius 2 is 0.737 bits per heavy atom. The van der Waals surface area contributed by atoms with E-state index < -0.39 is 0 Å². The van der Waals surface area contributed by atoms with Gasteiger partial charge < -0.3 is 14.4 Å². The zero-order chi connectivity index (χ0) is 50.1. The highest BCUT2D eigenvalue weighted by atomic mass is 15.2. The summed E-state index contributed by atoms with van der Waals surface area (Å²) in [5.74, 6) is 1.85. The third-order valence-electron chi connectivity index (χ3n) is 15.2. The van der Waals surface area contributed by atoms with Crippen molar-refractivity contribution in [2.75, 3.05) is 9.80 Å². The molecule has 11 aromatic carbocycles. The third kappa shape index (κ3) is 7.01. The molecule has 4 heterocycles. The minimum Gasteiger partial charge on any atom is -0.311 e. The van der Waals surface area contributed by atoms with Crippen LogP contribution in [0.3, 0.4) is 0 Å². The van der Waals surface area contributed by atoms with Crippen LogP contribution in [0.5, 0.6) is 0 Å². The molecule has 0 amide bonds. The highest BCUT2D eigenvalue weighted by Gasteiger charge is 2.44. The van der Waals surface area contributed by atoms with Crippen molar-refractivity contribution >= 4 is 79.0 Å². The molecule has 15 rings (SSSR count). The van der Waals surface area contributed by atoms with E-state index >= 15 is 0 Å². The Labute approximate surface area is 441 Å². The summed E-state index contributed by atoms with van der Waals surface area (Å²) in [7, 11) is 0. The fourth-order valence-electron chi connectivity index (χ4n) is 11.9. The topological polar surface area (TPSA) is 50.1 Å². The minimum absolute atomic E-state index is 0.0130. The summed E-state index contributed by atoms with van der Waals surface area (Å²) in [5.41, 5.74) is 21.2. The van der Waals surface area contributed by atoms with Crippen LogP contribution in [-0.2, 0) is 0 Å². The Hall–Kier alpha value is -10.1. The second-order valence-electron chi connectivity index (χ2n) is 19.5. The van der Waals surface area contributed by atoms with Gasteiger partial charge >= 0.3 is 0 Å². The van der Waals surface area contributed by atoms with Crippen LogP contribution in [0.2, 0.25) is 0 Å². The first-order valence-electron chi connectivity index (χ1n) is 25.9. The molecule has 6 nitrogen and oxygen atoms in total. The van der Waals surface area contributed by atoms with Crippen LogP contribution in [0.25, 0.3) is 83.9 Å². The molecule has 0 fully saturated rings. The predicted octanol–water partition coefficient (Wildman–Crippen LogP) is 15.4. The number of anilines is 6. The van der Waals surface area contributed by atoms with E-state index in [2.05, 4.69) is 251 Å². The van der Waals surface area contributed by atoms with Crippen molar-refractivity contribution < 1.29 is 0 Å². The van der Waals surface area contributed by atoms with E-state index in [9.17, 15) is 0 Å². The monoisotopic (exact) mass is 968 g/mol. The van der Waals surface area contributed by atoms with Crippen molar-refractivity contribution in [1.29, 1.82) is 0 Å². The number of fused-ring (bicyclic) bond motifs is 7. The number of benzene rings is 11. The average molecular weight is 969 g/mol. The van der Waals surface area contributed by atoms with Crippen molar-refractivity contribution in [3.63, 3.8) is 0 Å². The number of hydrogen-bond acceptors (Lipinski definition) is 5. The molecule has 0 bridgehead atoms. The fraction of sp³-hybridized carbons (Fsp3) is 0.